The Bertz CT molecular complexity index is 283. The van der Waals surface area contributed by atoms with Crippen LogP contribution in [0.15, 0.2) is 30.3 Å². The second-order valence-electron chi connectivity index (χ2n) is 3.68. The lowest BCUT2D eigenvalue weighted by Gasteiger charge is -2.19. The van der Waals surface area contributed by atoms with Crippen LogP contribution in [-0.2, 0) is 9.47 Å². The summed E-state index contributed by atoms with van der Waals surface area (Å²) in [7, 11) is 0. The fraction of sp³-hybridized carbons (Fsp3) is 0.500. The molecular weight excluding hydrogens is 303 g/mol. The Hall–Kier alpha value is -0.130. The van der Waals surface area contributed by atoms with E-state index in [9.17, 15) is 0 Å². The molecule has 1 aliphatic heterocycles. The molecule has 1 saturated heterocycles. The standard InChI is InChI=1S/C12H15IO2/c13-8-12(10-4-2-1-3-5-10)15-11-6-7-14-9-11/h1-5,11-12H,6-9H2. The first-order chi connectivity index (χ1) is 7.40. The quantitative estimate of drug-likeness (QED) is 0.628. The van der Waals surface area contributed by atoms with Crippen LogP contribution < -0.4 is 0 Å². The number of rotatable bonds is 4. The maximum absolute atomic E-state index is 6.01. The first-order valence-electron chi connectivity index (χ1n) is 5.24. The lowest BCUT2D eigenvalue weighted by atomic mass is 10.1. The predicted molar refractivity (Wildman–Crippen MR) is 68.4 cm³/mol. The third kappa shape index (κ3) is 3.16. The molecule has 2 nitrogen and oxygen atoms in total. The lowest BCUT2D eigenvalue weighted by Crippen LogP contribution is -2.17. The monoisotopic (exact) mass is 318 g/mol. The van der Waals surface area contributed by atoms with Crippen molar-refractivity contribution < 1.29 is 9.47 Å². The Labute approximate surface area is 104 Å². The molecule has 2 rings (SSSR count). The van der Waals surface area contributed by atoms with Crippen LogP contribution >= 0.6 is 22.6 Å². The fourth-order valence-corrected chi connectivity index (χ4v) is 2.44. The van der Waals surface area contributed by atoms with Gasteiger partial charge in [0.25, 0.3) is 0 Å². The lowest BCUT2D eigenvalue weighted by molar-refractivity contribution is -0.00383. The Morgan fingerprint density at radius 2 is 2.20 bits per heavy atom. The highest BCUT2D eigenvalue weighted by molar-refractivity contribution is 14.1. The molecule has 1 aliphatic rings. The van der Waals surface area contributed by atoms with Gasteiger partial charge in [-0.2, -0.15) is 0 Å². The predicted octanol–water partition coefficient (Wildman–Crippen LogP) is 2.97. The highest BCUT2D eigenvalue weighted by atomic mass is 127. The van der Waals surface area contributed by atoms with Crippen LogP contribution in [0.5, 0.6) is 0 Å². The van der Waals surface area contributed by atoms with Gasteiger partial charge < -0.3 is 9.47 Å². The molecule has 0 saturated carbocycles. The van der Waals surface area contributed by atoms with Gasteiger partial charge in [-0.1, -0.05) is 52.9 Å². The molecule has 2 unspecified atom stereocenters. The van der Waals surface area contributed by atoms with Gasteiger partial charge in [-0.05, 0) is 12.0 Å². The van der Waals surface area contributed by atoms with Gasteiger partial charge in [0, 0.05) is 11.0 Å². The zero-order valence-corrected chi connectivity index (χ0v) is 10.7. The summed E-state index contributed by atoms with van der Waals surface area (Å²) in [5.41, 5.74) is 1.26. The van der Waals surface area contributed by atoms with E-state index in [0.717, 1.165) is 24.1 Å². The fourth-order valence-electron chi connectivity index (χ4n) is 1.72. The molecule has 1 aromatic rings. The summed E-state index contributed by atoms with van der Waals surface area (Å²) in [5, 5.41) is 0. The summed E-state index contributed by atoms with van der Waals surface area (Å²) in [6, 6.07) is 10.4. The maximum Gasteiger partial charge on any atom is 0.0919 e. The molecule has 0 bridgehead atoms. The molecule has 0 spiro atoms. The van der Waals surface area contributed by atoms with Crippen LogP contribution in [-0.4, -0.2) is 23.7 Å². The smallest absolute Gasteiger partial charge is 0.0919 e. The Kier molecular flexibility index (Phi) is 4.41. The van der Waals surface area contributed by atoms with Crippen molar-refractivity contribution in [3.8, 4) is 0 Å². The summed E-state index contributed by atoms with van der Waals surface area (Å²) < 4.78 is 12.3. The molecule has 82 valence electrons. The summed E-state index contributed by atoms with van der Waals surface area (Å²) in [6.07, 6.45) is 1.52. The van der Waals surface area contributed by atoms with Crippen LogP contribution in [0.2, 0.25) is 0 Å². The maximum atomic E-state index is 6.01. The van der Waals surface area contributed by atoms with Crippen molar-refractivity contribution in [2.24, 2.45) is 0 Å². The molecule has 1 aromatic carbocycles. The zero-order valence-electron chi connectivity index (χ0n) is 8.56. The summed E-state index contributed by atoms with van der Waals surface area (Å²) in [4.78, 5) is 0. The Morgan fingerprint density at radius 3 is 2.80 bits per heavy atom. The molecule has 0 aromatic heterocycles. The second kappa shape index (κ2) is 5.82. The molecule has 15 heavy (non-hydrogen) atoms. The van der Waals surface area contributed by atoms with Crippen LogP contribution in [0.1, 0.15) is 18.1 Å². The summed E-state index contributed by atoms with van der Waals surface area (Å²) in [5.74, 6) is 0. The van der Waals surface area contributed by atoms with Crippen molar-refractivity contribution in [1.29, 1.82) is 0 Å². The van der Waals surface area contributed by atoms with Gasteiger partial charge in [0.05, 0.1) is 18.8 Å². The largest absolute Gasteiger partial charge is 0.379 e. The molecule has 1 heterocycles. The first kappa shape index (κ1) is 11.4. The minimum atomic E-state index is 0.207. The SMILES string of the molecule is ICC(OC1CCOC1)c1ccccc1. The number of hydrogen-bond donors (Lipinski definition) is 0. The minimum absolute atomic E-state index is 0.207. The van der Waals surface area contributed by atoms with Crippen LogP contribution in [0.3, 0.4) is 0 Å². The molecule has 0 amide bonds. The van der Waals surface area contributed by atoms with Crippen LogP contribution in [0.25, 0.3) is 0 Å². The van der Waals surface area contributed by atoms with E-state index in [4.69, 9.17) is 9.47 Å². The molecule has 0 radical (unpaired) electrons. The van der Waals surface area contributed by atoms with Crippen molar-refractivity contribution in [1.82, 2.24) is 0 Å². The highest BCUT2D eigenvalue weighted by Crippen LogP contribution is 2.24. The summed E-state index contributed by atoms with van der Waals surface area (Å²) in [6.45, 7) is 1.59. The van der Waals surface area contributed by atoms with E-state index in [1.165, 1.54) is 5.56 Å². The van der Waals surface area contributed by atoms with Crippen LogP contribution in [0, 0.1) is 0 Å². The molecule has 0 aliphatic carbocycles. The third-order valence-corrected chi connectivity index (χ3v) is 3.36. The normalized spacial score (nSPS) is 22.9. The number of halogens is 1. The number of ether oxygens (including phenoxy) is 2. The van der Waals surface area contributed by atoms with Crippen molar-refractivity contribution in [2.45, 2.75) is 18.6 Å². The molecular formula is C12H15IO2. The van der Waals surface area contributed by atoms with Gasteiger partial charge in [0.15, 0.2) is 0 Å². The first-order valence-corrected chi connectivity index (χ1v) is 6.77. The van der Waals surface area contributed by atoms with Crippen molar-refractivity contribution in [3.05, 3.63) is 35.9 Å². The van der Waals surface area contributed by atoms with Gasteiger partial charge >= 0.3 is 0 Å². The molecule has 0 N–H and O–H groups in total. The van der Waals surface area contributed by atoms with E-state index >= 15 is 0 Å². The van der Waals surface area contributed by atoms with Crippen molar-refractivity contribution >= 4 is 22.6 Å². The topological polar surface area (TPSA) is 18.5 Å². The summed E-state index contributed by atoms with van der Waals surface area (Å²) >= 11 is 2.37. The van der Waals surface area contributed by atoms with E-state index in [2.05, 4.69) is 46.9 Å². The number of benzene rings is 1. The Balaban J connectivity index is 1.97. The average molecular weight is 318 g/mol. The molecule has 2 atom stereocenters. The molecule has 1 fully saturated rings. The third-order valence-electron chi connectivity index (χ3n) is 2.56. The van der Waals surface area contributed by atoms with Gasteiger partial charge in [-0.15, -0.1) is 0 Å². The number of alkyl halides is 1. The minimum Gasteiger partial charge on any atom is -0.379 e. The van der Waals surface area contributed by atoms with Crippen molar-refractivity contribution in [2.75, 3.05) is 17.6 Å². The van der Waals surface area contributed by atoms with E-state index in [-0.39, 0.29) is 12.2 Å². The van der Waals surface area contributed by atoms with Gasteiger partial charge in [0.1, 0.15) is 0 Å². The van der Waals surface area contributed by atoms with E-state index in [1.54, 1.807) is 0 Å². The zero-order chi connectivity index (χ0) is 10.5. The average Bonchev–Trinajstić information content (AvgIpc) is 2.80. The Morgan fingerprint density at radius 1 is 1.40 bits per heavy atom. The van der Waals surface area contributed by atoms with Gasteiger partial charge in [0.2, 0.25) is 0 Å². The van der Waals surface area contributed by atoms with E-state index in [1.807, 2.05) is 6.07 Å². The highest BCUT2D eigenvalue weighted by Gasteiger charge is 2.21. The van der Waals surface area contributed by atoms with Crippen LogP contribution in [0.4, 0.5) is 0 Å². The van der Waals surface area contributed by atoms with Gasteiger partial charge in [-0.25, -0.2) is 0 Å². The van der Waals surface area contributed by atoms with E-state index in [0.29, 0.717) is 0 Å². The number of hydrogen-bond acceptors (Lipinski definition) is 2. The molecule has 3 heteroatoms. The van der Waals surface area contributed by atoms with Gasteiger partial charge in [-0.3, -0.25) is 0 Å². The van der Waals surface area contributed by atoms with E-state index < -0.39 is 0 Å². The second-order valence-corrected chi connectivity index (χ2v) is 4.56. The van der Waals surface area contributed by atoms with Crippen molar-refractivity contribution in [3.63, 3.8) is 0 Å².